The van der Waals surface area contributed by atoms with Gasteiger partial charge in [0.15, 0.2) is 0 Å². The van der Waals surface area contributed by atoms with Crippen LogP contribution >= 0.6 is 0 Å². The summed E-state index contributed by atoms with van der Waals surface area (Å²) in [6.07, 6.45) is 0.560. The zero-order chi connectivity index (χ0) is 18.0. The Kier molecular flexibility index (Phi) is 9.15. The van der Waals surface area contributed by atoms with Crippen LogP contribution < -0.4 is 15.8 Å². The van der Waals surface area contributed by atoms with Crippen LogP contribution in [-0.4, -0.2) is 17.8 Å². The number of hydrogen-bond acceptors (Lipinski definition) is 4. The van der Waals surface area contributed by atoms with Crippen LogP contribution in [0.1, 0.15) is 60.5 Å². The fraction of sp³-hybridized carbons (Fsp3) is 0.611. The number of nitrogen functional groups attached to an aromatic ring is 1. The number of amides is 1. The minimum atomic E-state index is -0.504. The fourth-order valence-corrected chi connectivity index (χ4v) is 1.58. The van der Waals surface area contributed by atoms with Gasteiger partial charge < -0.3 is 20.5 Å². The number of carbonyl (C=O) groups excluding carboxylic acids is 1. The number of rotatable bonds is 5. The van der Waals surface area contributed by atoms with Gasteiger partial charge >= 0.3 is 6.09 Å². The summed E-state index contributed by atoms with van der Waals surface area (Å²) in [4.78, 5) is 11.6. The van der Waals surface area contributed by atoms with E-state index in [1.54, 1.807) is 6.07 Å². The molecule has 0 fully saturated rings. The van der Waals surface area contributed by atoms with Crippen LogP contribution in [0.3, 0.4) is 0 Å². The molecule has 1 atom stereocenters. The average Bonchev–Trinajstić information content (AvgIpc) is 2.48. The Morgan fingerprint density at radius 2 is 1.91 bits per heavy atom. The van der Waals surface area contributed by atoms with Crippen LogP contribution in [0.25, 0.3) is 0 Å². The molecule has 1 aromatic rings. The van der Waals surface area contributed by atoms with E-state index in [9.17, 15) is 4.79 Å². The third-order valence-electron chi connectivity index (χ3n) is 2.82. The van der Waals surface area contributed by atoms with Crippen LogP contribution in [0.15, 0.2) is 18.2 Å². The van der Waals surface area contributed by atoms with E-state index in [1.807, 2.05) is 53.7 Å². The van der Waals surface area contributed by atoms with Crippen molar-refractivity contribution >= 4 is 11.8 Å². The largest absolute Gasteiger partial charge is 0.489 e. The molecule has 1 rings (SSSR count). The van der Waals surface area contributed by atoms with Crippen molar-refractivity contribution in [1.82, 2.24) is 5.32 Å². The number of hydrogen-bond donors (Lipinski definition) is 2. The summed E-state index contributed by atoms with van der Waals surface area (Å²) in [7, 11) is 0. The van der Waals surface area contributed by atoms with E-state index in [0.29, 0.717) is 18.0 Å². The molecule has 0 aliphatic rings. The molecule has 0 aliphatic heterocycles. The number of alkyl carbamates (subject to hydrolysis) is 1. The van der Waals surface area contributed by atoms with E-state index in [1.165, 1.54) is 0 Å². The molecule has 0 heterocycles. The Morgan fingerprint density at radius 1 is 1.30 bits per heavy atom. The number of nitrogens with one attached hydrogen (secondary N) is 1. The predicted molar refractivity (Wildman–Crippen MR) is 95.7 cm³/mol. The molecule has 1 unspecified atom stereocenters. The number of anilines is 1. The van der Waals surface area contributed by atoms with Crippen LogP contribution in [0.5, 0.6) is 5.75 Å². The van der Waals surface area contributed by atoms with Gasteiger partial charge in [-0.1, -0.05) is 26.8 Å². The highest BCUT2D eigenvalue weighted by molar-refractivity contribution is 5.67. The minimum absolute atomic E-state index is 0.0985. The maximum Gasteiger partial charge on any atom is 0.407 e. The van der Waals surface area contributed by atoms with E-state index in [4.69, 9.17) is 15.2 Å². The van der Waals surface area contributed by atoms with Crippen LogP contribution in [0, 0.1) is 0 Å². The first-order chi connectivity index (χ1) is 10.7. The Morgan fingerprint density at radius 3 is 2.43 bits per heavy atom. The lowest BCUT2D eigenvalue weighted by atomic mass is 10.2. The second kappa shape index (κ2) is 9.98. The molecule has 0 bridgehead atoms. The molecule has 3 N–H and O–H groups in total. The maximum absolute atomic E-state index is 11.6. The van der Waals surface area contributed by atoms with Crippen molar-refractivity contribution in [2.24, 2.45) is 0 Å². The van der Waals surface area contributed by atoms with Gasteiger partial charge in [0.2, 0.25) is 0 Å². The summed E-state index contributed by atoms with van der Waals surface area (Å²) in [5, 5.41) is 2.71. The number of carbonyl (C=O) groups is 1. The summed E-state index contributed by atoms with van der Waals surface area (Å²) < 4.78 is 10.9. The van der Waals surface area contributed by atoms with Crippen molar-refractivity contribution in [2.75, 3.05) is 5.73 Å². The van der Waals surface area contributed by atoms with Gasteiger partial charge in [0, 0.05) is 6.54 Å². The Balaban J connectivity index is 0.00000232. The zero-order valence-electron chi connectivity index (χ0n) is 15.5. The van der Waals surface area contributed by atoms with Gasteiger partial charge in [-0.05, 0) is 51.8 Å². The van der Waals surface area contributed by atoms with Crippen molar-refractivity contribution < 1.29 is 14.3 Å². The number of ether oxygens (including phenoxy) is 2. The molecule has 1 aromatic carbocycles. The lowest BCUT2D eigenvalue weighted by Gasteiger charge is -2.20. The molecule has 0 aliphatic carbocycles. The van der Waals surface area contributed by atoms with Gasteiger partial charge in [0.25, 0.3) is 0 Å². The Bertz CT molecular complexity index is 482. The molecule has 23 heavy (non-hydrogen) atoms. The van der Waals surface area contributed by atoms with E-state index in [-0.39, 0.29) is 6.10 Å². The topological polar surface area (TPSA) is 73.6 Å². The molecular weight excluding hydrogens is 292 g/mol. The smallest absolute Gasteiger partial charge is 0.407 e. The highest BCUT2D eigenvalue weighted by Crippen LogP contribution is 2.24. The predicted octanol–water partition coefficient (Wildman–Crippen LogP) is 4.50. The van der Waals surface area contributed by atoms with Crippen molar-refractivity contribution in [3.63, 3.8) is 0 Å². The molecule has 0 radical (unpaired) electrons. The molecule has 0 aromatic heterocycles. The first-order valence-corrected chi connectivity index (χ1v) is 8.23. The molecule has 0 saturated heterocycles. The van der Waals surface area contributed by atoms with E-state index >= 15 is 0 Å². The SMILES string of the molecule is CC.CCC(C)Oc1cc(CNC(=O)OC(C)(C)C)ccc1N. The summed E-state index contributed by atoms with van der Waals surface area (Å²) in [5.74, 6) is 0.646. The number of benzene rings is 1. The molecule has 1 amide bonds. The summed E-state index contributed by atoms with van der Waals surface area (Å²) in [6, 6.07) is 5.48. The maximum atomic E-state index is 11.6. The quantitative estimate of drug-likeness (QED) is 0.782. The molecular formula is C18H32N2O3. The molecule has 5 nitrogen and oxygen atoms in total. The third-order valence-corrected chi connectivity index (χ3v) is 2.82. The summed E-state index contributed by atoms with van der Waals surface area (Å²) >= 11 is 0. The number of nitrogens with two attached hydrogens (primary N) is 1. The molecule has 5 heteroatoms. The average molecular weight is 324 g/mol. The van der Waals surface area contributed by atoms with Crippen molar-refractivity contribution in [3.8, 4) is 5.75 Å². The third kappa shape index (κ3) is 8.96. The van der Waals surface area contributed by atoms with Gasteiger partial charge in [-0.25, -0.2) is 4.79 Å². The van der Waals surface area contributed by atoms with Crippen LogP contribution in [-0.2, 0) is 11.3 Å². The minimum Gasteiger partial charge on any atom is -0.489 e. The Hall–Kier alpha value is -1.91. The highest BCUT2D eigenvalue weighted by atomic mass is 16.6. The second-order valence-corrected chi connectivity index (χ2v) is 6.06. The van der Waals surface area contributed by atoms with Gasteiger partial charge in [-0.3, -0.25) is 0 Å². The molecule has 132 valence electrons. The van der Waals surface area contributed by atoms with E-state index < -0.39 is 11.7 Å². The van der Waals surface area contributed by atoms with Crippen molar-refractivity contribution in [2.45, 2.75) is 73.1 Å². The summed E-state index contributed by atoms with van der Waals surface area (Å²) in [6.45, 7) is 13.9. The normalized spacial score (nSPS) is 11.8. The van der Waals surface area contributed by atoms with Crippen molar-refractivity contribution in [3.05, 3.63) is 23.8 Å². The van der Waals surface area contributed by atoms with Gasteiger partial charge in [0.1, 0.15) is 11.4 Å². The standard InChI is InChI=1S/C16H26N2O3.C2H6/c1-6-11(2)20-14-9-12(7-8-13(14)17)10-18-15(19)21-16(3,4)5;1-2/h7-9,11H,6,10,17H2,1-5H3,(H,18,19);1-2H3. The monoisotopic (exact) mass is 324 g/mol. The van der Waals surface area contributed by atoms with Crippen LogP contribution in [0.2, 0.25) is 0 Å². The zero-order valence-corrected chi connectivity index (χ0v) is 15.5. The molecule has 0 saturated carbocycles. The van der Waals surface area contributed by atoms with Gasteiger partial charge in [-0.15, -0.1) is 0 Å². The molecule has 0 spiro atoms. The first-order valence-electron chi connectivity index (χ1n) is 8.23. The van der Waals surface area contributed by atoms with E-state index in [0.717, 1.165) is 12.0 Å². The Labute approximate surface area is 140 Å². The lowest BCUT2D eigenvalue weighted by Crippen LogP contribution is -2.32. The van der Waals surface area contributed by atoms with Crippen molar-refractivity contribution in [1.29, 1.82) is 0 Å². The van der Waals surface area contributed by atoms with Crippen LogP contribution in [0.4, 0.5) is 10.5 Å². The summed E-state index contributed by atoms with van der Waals surface area (Å²) in [5.41, 5.74) is 6.90. The van der Waals surface area contributed by atoms with E-state index in [2.05, 4.69) is 12.2 Å². The second-order valence-electron chi connectivity index (χ2n) is 6.06. The van der Waals surface area contributed by atoms with Gasteiger partial charge in [0.05, 0.1) is 11.8 Å². The highest BCUT2D eigenvalue weighted by Gasteiger charge is 2.16. The fourth-order valence-electron chi connectivity index (χ4n) is 1.58. The lowest BCUT2D eigenvalue weighted by molar-refractivity contribution is 0.0523. The first kappa shape index (κ1) is 21.1. The van der Waals surface area contributed by atoms with Gasteiger partial charge in [-0.2, -0.15) is 0 Å².